The Hall–Kier alpha value is -0.910. The zero-order valence-electron chi connectivity index (χ0n) is 12.2. The van der Waals surface area contributed by atoms with Crippen molar-refractivity contribution in [1.82, 2.24) is 10.2 Å². The molecule has 2 N–H and O–H groups in total. The molecule has 1 aliphatic rings. The van der Waals surface area contributed by atoms with Gasteiger partial charge in [-0.05, 0) is 46.3 Å². The number of carboxylic acids is 1. The second kappa shape index (κ2) is 6.03. The Kier molecular flexibility index (Phi) is 5.12. The number of urea groups is 1. The standard InChI is InChI=1S/C13H24N2O3S/c1-12(2,19-4)9-14-11(18)15-8-6-5-7-13(15,3)10(16)17/h5-9H2,1-4H3,(H,14,18)(H,16,17). The first-order valence-corrected chi connectivity index (χ1v) is 7.79. The van der Waals surface area contributed by atoms with Gasteiger partial charge in [-0.25, -0.2) is 9.59 Å². The molecule has 0 aromatic rings. The number of likely N-dealkylation sites (tertiary alicyclic amines) is 1. The smallest absolute Gasteiger partial charge is 0.329 e. The lowest BCUT2D eigenvalue weighted by Crippen LogP contribution is -2.60. The highest BCUT2D eigenvalue weighted by Gasteiger charge is 2.44. The summed E-state index contributed by atoms with van der Waals surface area (Å²) >= 11 is 1.67. The van der Waals surface area contributed by atoms with Crippen LogP contribution >= 0.6 is 11.8 Å². The zero-order valence-corrected chi connectivity index (χ0v) is 13.0. The molecular formula is C13H24N2O3S. The van der Waals surface area contributed by atoms with E-state index in [1.807, 2.05) is 20.1 Å². The molecule has 1 heterocycles. The topological polar surface area (TPSA) is 69.6 Å². The summed E-state index contributed by atoms with van der Waals surface area (Å²) in [6, 6.07) is -0.272. The van der Waals surface area contributed by atoms with Crippen LogP contribution in [0.25, 0.3) is 0 Å². The Morgan fingerprint density at radius 1 is 1.42 bits per heavy atom. The third-order valence-corrected chi connectivity index (χ3v) is 5.06. The normalized spacial score (nSPS) is 24.1. The molecule has 0 aromatic carbocycles. The van der Waals surface area contributed by atoms with Gasteiger partial charge in [0.1, 0.15) is 5.54 Å². The SMILES string of the molecule is CSC(C)(C)CNC(=O)N1CCCCC1(C)C(=O)O. The van der Waals surface area contributed by atoms with E-state index >= 15 is 0 Å². The summed E-state index contributed by atoms with van der Waals surface area (Å²) in [5, 5.41) is 12.2. The summed E-state index contributed by atoms with van der Waals surface area (Å²) in [4.78, 5) is 25.1. The molecule has 1 unspecified atom stereocenters. The molecule has 0 radical (unpaired) electrons. The van der Waals surface area contributed by atoms with E-state index in [-0.39, 0.29) is 10.8 Å². The van der Waals surface area contributed by atoms with Gasteiger partial charge in [-0.3, -0.25) is 0 Å². The summed E-state index contributed by atoms with van der Waals surface area (Å²) in [6.45, 7) is 6.76. The lowest BCUT2D eigenvalue weighted by atomic mass is 9.89. The number of hydrogen-bond donors (Lipinski definition) is 2. The fourth-order valence-corrected chi connectivity index (χ4v) is 2.34. The van der Waals surface area contributed by atoms with Gasteiger partial charge in [0.15, 0.2) is 0 Å². The molecule has 0 spiro atoms. The minimum atomic E-state index is -1.08. The number of aliphatic carboxylic acids is 1. The minimum absolute atomic E-state index is 0.0505. The van der Waals surface area contributed by atoms with Crippen LogP contribution in [0.3, 0.4) is 0 Å². The second-order valence-corrected chi connectivity index (χ2v) is 7.32. The van der Waals surface area contributed by atoms with Crippen LogP contribution in [0, 0.1) is 0 Å². The van der Waals surface area contributed by atoms with E-state index in [0.717, 1.165) is 12.8 Å². The summed E-state index contributed by atoms with van der Waals surface area (Å²) in [5.41, 5.74) is -1.08. The number of nitrogens with zero attached hydrogens (tertiary/aromatic N) is 1. The molecule has 0 bridgehead atoms. The van der Waals surface area contributed by atoms with E-state index in [1.54, 1.807) is 18.7 Å². The van der Waals surface area contributed by atoms with Gasteiger partial charge in [-0.1, -0.05) is 0 Å². The Morgan fingerprint density at radius 2 is 2.05 bits per heavy atom. The first-order valence-electron chi connectivity index (χ1n) is 6.57. The van der Waals surface area contributed by atoms with Gasteiger partial charge >= 0.3 is 12.0 Å². The molecule has 0 aromatic heterocycles. The van der Waals surface area contributed by atoms with Crippen LogP contribution in [0.15, 0.2) is 0 Å². The average Bonchev–Trinajstić information content (AvgIpc) is 2.36. The van der Waals surface area contributed by atoms with Gasteiger partial charge in [0, 0.05) is 17.8 Å². The number of piperidine rings is 1. The highest BCUT2D eigenvalue weighted by Crippen LogP contribution is 2.28. The highest BCUT2D eigenvalue weighted by atomic mass is 32.2. The van der Waals surface area contributed by atoms with E-state index in [1.165, 1.54) is 4.90 Å². The number of hydrogen-bond acceptors (Lipinski definition) is 3. The largest absolute Gasteiger partial charge is 0.480 e. The number of carboxylic acid groups (broad SMARTS) is 1. The molecular weight excluding hydrogens is 264 g/mol. The van der Waals surface area contributed by atoms with Crippen molar-refractivity contribution in [2.75, 3.05) is 19.3 Å². The van der Waals surface area contributed by atoms with Crippen LogP contribution in [0.1, 0.15) is 40.0 Å². The number of nitrogens with one attached hydrogen (secondary N) is 1. The molecule has 0 aliphatic carbocycles. The fraction of sp³-hybridized carbons (Fsp3) is 0.846. The van der Waals surface area contributed by atoms with Crippen molar-refractivity contribution in [2.24, 2.45) is 0 Å². The van der Waals surface area contributed by atoms with Gasteiger partial charge in [0.2, 0.25) is 0 Å². The predicted molar refractivity (Wildman–Crippen MR) is 77.6 cm³/mol. The molecule has 1 rings (SSSR count). The van der Waals surface area contributed by atoms with Crippen LogP contribution in [-0.4, -0.2) is 51.6 Å². The molecule has 5 nitrogen and oxygen atoms in total. The predicted octanol–water partition coefficient (Wildman–Crippen LogP) is 2.17. The van der Waals surface area contributed by atoms with Crippen LogP contribution in [0.4, 0.5) is 4.79 Å². The number of amides is 2. The van der Waals surface area contributed by atoms with Gasteiger partial charge in [0.25, 0.3) is 0 Å². The number of thioether (sulfide) groups is 1. The zero-order chi connectivity index (χ0) is 14.7. The molecule has 0 saturated carbocycles. The van der Waals surface area contributed by atoms with E-state index < -0.39 is 11.5 Å². The maximum atomic E-state index is 12.2. The maximum absolute atomic E-state index is 12.2. The second-order valence-electron chi connectivity index (χ2n) is 5.81. The summed E-state index contributed by atoms with van der Waals surface area (Å²) in [7, 11) is 0. The highest BCUT2D eigenvalue weighted by molar-refractivity contribution is 7.99. The van der Waals surface area contributed by atoms with Gasteiger partial charge in [0.05, 0.1) is 0 Å². The summed E-state index contributed by atoms with van der Waals surface area (Å²) in [5.74, 6) is -0.925. The van der Waals surface area contributed by atoms with Crippen molar-refractivity contribution in [1.29, 1.82) is 0 Å². The van der Waals surface area contributed by atoms with Crippen LogP contribution in [0.5, 0.6) is 0 Å². The van der Waals surface area contributed by atoms with Crippen molar-refractivity contribution in [3.05, 3.63) is 0 Å². The fourth-order valence-electron chi connectivity index (χ4n) is 2.12. The number of carbonyl (C=O) groups is 2. The van der Waals surface area contributed by atoms with E-state index in [2.05, 4.69) is 5.32 Å². The van der Waals surface area contributed by atoms with Crippen molar-refractivity contribution in [3.8, 4) is 0 Å². The van der Waals surface area contributed by atoms with Crippen molar-refractivity contribution < 1.29 is 14.7 Å². The number of rotatable bonds is 4. The molecule has 19 heavy (non-hydrogen) atoms. The van der Waals surface area contributed by atoms with Crippen molar-refractivity contribution in [3.63, 3.8) is 0 Å². The van der Waals surface area contributed by atoms with Crippen molar-refractivity contribution in [2.45, 2.75) is 50.3 Å². The van der Waals surface area contributed by atoms with Crippen molar-refractivity contribution >= 4 is 23.8 Å². The average molecular weight is 288 g/mol. The van der Waals surface area contributed by atoms with Crippen LogP contribution < -0.4 is 5.32 Å². The van der Waals surface area contributed by atoms with Gasteiger partial charge in [-0.2, -0.15) is 11.8 Å². The first-order chi connectivity index (χ1) is 8.73. The maximum Gasteiger partial charge on any atom is 0.329 e. The minimum Gasteiger partial charge on any atom is -0.480 e. The molecule has 2 amide bonds. The Bertz CT molecular complexity index is 360. The molecule has 1 saturated heterocycles. The Balaban J connectivity index is 2.71. The molecule has 1 atom stereocenters. The lowest BCUT2D eigenvalue weighted by Gasteiger charge is -2.41. The van der Waals surface area contributed by atoms with Gasteiger partial charge in [-0.15, -0.1) is 0 Å². The Morgan fingerprint density at radius 3 is 2.58 bits per heavy atom. The third kappa shape index (κ3) is 3.78. The molecule has 6 heteroatoms. The van der Waals surface area contributed by atoms with Crippen LogP contribution in [0.2, 0.25) is 0 Å². The lowest BCUT2D eigenvalue weighted by molar-refractivity contribution is -0.150. The third-order valence-electron chi connectivity index (χ3n) is 3.81. The van der Waals surface area contributed by atoms with Gasteiger partial charge < -0.3 is 15.3 Å². The summed E-state index contributed by atoms with van der Waals surface area (Å²) < 4.78 is -0.0505. The van der Waals surface area contributed by atoms with Crippen LogP contribution in [-0.2, 0) is 4.79 Å². The van der Waals surface area contributed by atoms with E-state index in [4.69, 9.17) is 0 Å². The molecule has 110 valence electrons. The first kappa shape index (κ1) is 16.1. The van der Waals surface area contributed by atoms with E-state index in [9.17, 15) is 14.7 Å². The Labute approximate surface area is 119 Å². The summed E-state index contributed by atoms with van der Waals surface area (Å²) in [6.07, 6.45) is 4.22. The molecule has 1 fully saturated rings. The monoisotopic (exact) mass is 288 g/mol. The number of carbonyl (C=O) groups excluding carboxylic acids is 1. The van der Waals surface area contributed by atoms with E-state index in [0.29, 0.717) is 19.5 Å². The quantitative estimate of drug-likeness (QED) is 0.832. The molecule has 1 aliphatic heterocycles.